The fraction of sp³-hybridized carbons (Fsp3) is 0.700. The normalized spacial score (nSPS) is 19.8. The number of nitrogens with zero attached hydrogens (tertiary/aromatic N) is 1. The first-order chi connectivity index (χ1) is 7.74. The van der Waals surface area contributed by atoms with Crippen LogP contribution in [0.1, 0.15) is 17.7 Å². The highest BCUT2D eigenvalue weighted by atomic mass is 35.5. The Bertz CT molecular complexity index is 363. The van der Waals surface area contributed by atoms with Crippen LogP contribution in [0.15, 0.2) is 6.20 Å². The summed E-state index contributed by atoms with van der Waals surface area (Å²) in [6.07, 6.45) is 4.03. The summed E-state index contributed by atoms with van der Waals surface area (Å²) < 4.78 is 12.5. The van der Waals surface area contributed by atoms with Crippen molar-refractivity contribution in [2.24, 2.45) is 5.92 Å². The van der Waals surface area contributed by atoms with Crippen molar-refractivity contribution in [1.82, 2.24) is 10.3 Å². The van der Waals surface area contributed by atoms with Crippen molar-refractivity contribution < 1.29 is 4.21 Å². The lowest BCUT2D eigenvalue weighted by Gasteiger charge is -2.21. The van der Waals surface area contributed by atoms with E-state index < -0.39 is 10.8 Å². The molecular formula is C10H15ClN2OS2. The Balaban J connectivity index is 1.79. The van der Waals surface area contributed by atoms with Crippen LogP contribution in [-0.2, 0) is 16.6 Å². The average molecular weight is 279 g/mol. The van der Waals surface area contributed by atoms with Gasteiger partial charge in [-0.25, -0.2) is 4.98 Å². The first kappa shape index (κ1) is 12.5. The Morgan fingerprint density at radius 2 is 2.31 bits per heavy atom. The minimum Gasteiger partial charge on any atom is -0.317 e. The van der Waals surface area contributed by atoms with Crippen LogP contribution in [0.25, 0.3) is 0 Å². The lowest BCUT2D eigenvalue weighted by atomic mass is 10.0. The van der Waals surface area contributed by atoms with Gasteiger partial charge in [-0.2, -0.15) is 0 Å². The van der Waals surface area contributed by atoms with Crippen molar-refractivity contribution in [2.75, 3.05) is 18.8 Å². The molecule has 0 amide bonds. The molecular weight excluding hydrogens is 264 g/mol. The van der Waals surface area contributed by atoms with Crippen molar-refractivity contribution in [3.8, 4) is 0 Å². The number of thiazole rings is 1. The van der Waals surface area contributed by atoms with Crippen molar-refractivity contribution >= 4 is 33.7 Å². The lowest BCUT2D eigenvalue weighted by molar-refractivity contribution is 0.405. The minimum absolute atomic E-state index is 0.536. The molecule has 0 aliphatic carbocycles. The Kier molecular flexibility index (Phi) is 4.76. The van der Waals surface area contributed by atoms with Crippen LogP contribution in [0.2, 0.25) is 4.47 Å². The zero-order chi connectivity index (χ0) is 11.4. The largest absolute Gasteiger partial charge is 0.317 e. The number of halogens is 1. The number of hydrogen-bond acceptors (Lipinski definition) is 4. The molecule has 0 radical (unpaired) electrons. The number of rotatable bonds is 4. The molecule has 2 rings (SSSR count). The Labute approximate surface area is 107 Å². The number of piperidine rings is 1. The fourth-order valence-electron chi connectivity index (χ4n) is 1.88. The van der Waals surface area contributed by atoms with E-state index in [0.717, 1.165) is 36.6 Å². The molecule has 16 heavy (non-hydrogen) atoms. The highest BCUT2D eigenvalue weighted by Gasteiger charge is 2.16. The van der Waals surface area contributed by atoms with Crippen LogP contribution >= 0.6 is 22.9 Å². The Morgan fingerprint density at radius 1 is 1.56 bits per heavy atom. The van der Waals surface area contributed by atoms with Crippen LogP contribution in [0, 0.1) is 5.92 Å². The number of nitrogens with one attached hydrogen (secondary N) is 1. The summed E-state index contributed by atoms with van der Waals surface area (Å²) in [6, 6.07) is 0. The van der Waals surface area contributed by atoms with Crippen LogP contribution in [0.3, 0.4) is 0 Å². The monoisotopic (exact) mass is 278 g/mol. The molecule has 1 aromatic rings. The molecule has 1 atom stereocenters. The molecule has 1 N–H and O–H groups in total. The topological polar surface area (TPSA) is 42.0 Å². The van der Waals surface area contributed by atoms with Crippen molar-refractivity contribution in [1.29, 1.82) is 0 Å². The molecule has 1 unspecified atom stereocenters. The van der Waals surface area contributed by atoms with Crippen molar-refractivity contribution in [2.45, 2.75) is 18.6 Å². The van der Waals surface area contributed by atoms with E-state index in [4.69, 9.17) is 11.6 Å². The summed E-state index contributed by atoms with van der Waals surface area (Å²) in [5, 5.41) is 3.32. The summed E-state index contributed by atoms with van der Waals surface area (Å²) >= 11 is 7.16. The van der Waals surface area contributed by atoms with Crippen LogP contribution < -0.4 is 5.32 Å². The van der Waals surface area contributed by atoms with E-state index in [0.29, 0.717) is 16.1 Å². The zero-order valence-electron chi connectivity index (χ0n) is 8.95. The van der Waals surface area contributed by atoms with E-state index in [1.807, 2.05) is 0 Å². The standard InChI is InChI=1S/C10H15ClN2OS2/c11-10-13-5-9(15-10)7-16(14)6-8-1-3-12-4-2-8/h5,8,12H,1-4,6-7H2. The van der Waals surface area contributed by atoms with Gasteiger partial charge in [-0.3, -0.25) is 4.21 Å². The third-order valence-corrected chi connectivity index (χ3v) is 5.48. The van der Waals surface area contributed by atoms with E-state index in [1.54, 1.807) is 6.20 Å². The number of hydrogen-bond donors (Lipinski definition) is 1. The van der Waals surface area contributed by atoms with Crippen molar-refractivity contribution in [3.05, 3.63) is 15.5 Å². The Morgan fingerprint density at radius 3 is 2.94 bits per heavy atom. The van der Waals surface area contributed by atoms with Crippen LogP contribution in [-0.4, -0.2) is 28.0 Å². The summed E-state index contributed by atoms with van der Waals surface area (Å²) in [7, 11) is -0.771. The van der Waals surface area contributed by atoms with Gasteiger partial charge in [0, 0.05) is 27.6 Å². The van der Waals surface area contributed by atoms with Crippen molar-refractivity contribution in [3.63, 3.8) is 0 Å². The van der Waals surface area contributed by atoms with E-state index in [1.165, 1.54) is 11.3 Å². The third-order valence-electron chi connectivity index (χ3n) is 2.71. The average Bonchev–Trinajstić information content (AvgIpc) is 2.65. The molecule has 1 fully saturated rings. The quantitative estimate of drug-likeness (QED) is 0.917. The maximum absolute atomic E-state index is 11.9. The summed E-state index contributed by atoms with van der Waals surface area (Å²) in [5.41, 5.74) is 0. The molecule has 2 heterocycles. The van der Waals surface area contributed by atoms with Gasteiger partial charge in [-0.05, 0) is 31.8 Å². The molecule has 0 aromatic carbocycles. The molecule has 3 nitrogen and oxygen atoms in total. The first-order valence-electron chi connectivity index (χ1n) is 5.40. The van der Waals surface area contributed by atoms with Gasteiger partial charge in [-0.15, -0.1) is 11.3 Å². The summed E-state index contributed by atoms with van der Waals surface area (Å²) in [4.78, 5) is 4.98. The molecule has 0 bridgehead atoms. The van der Waals surface area contributed by atoms with Gasteiger partial charge in [0.15, 0.2) is 4.47 Å². The molecule has 1 aliphatic heterocycles. The molecule has 6 heteroatoms. The van der Waals surface area contributed by atoms with E-state index >= 15 is 0 Å². The van der Waals surface area contributed by atoms with Gasteiger partial charge in [0.25, 0.3) is 0 Å². The molecule has 1 aromatic heterocycles. The second-order valence-electron chi connectivity index (χ2n) is 4.02. The van der Waals surface area contributed by atoms with E-state index in [-0.39, 0.29) is 0 Å². The third kappa shape index (κ3) is 3.80. The van der Waals surface area contributed by atoms with Crippen LogP contribution in [0.4, 0.5) is 0 Å². The Hall–Kier alpha value is 0.0300. The molecule has 0 spiro atoms. The van der Waals surface area contributed by atoms with E-state index in [9.17, 15) is 4.21 Å². The SMILES string of the molecule is O=S(Cc1cnc(Cl)s1)CC1CCNCC1. The molecule has 1 aliphatic rings. The maximum Gasteiger partial charge on any atom is 0.183 e. The second kappa shape index (κ2) is 6.10. The predicted octanol–water partition coefficient (Wildman–Crippen LogP) is 2.04. The highest BCUT2D eigenvalue weighted by Crippen LogP contribution is 2.20. The lowest BCUT2D eigenvalue weighted by Crippen LogP contribution is -2.30. The molecule has 1 saturated heterocycles. The van der Waals surface area contributed by atoms with Gasteiger partial charge in [0.2, 0.25) is 0 Å². The minimum atomic E-state index is -0.771. The fourth-order valence-corrected chi connectivity index (χ4v) is 4.65. The molecule has 90 valence electrons. The van der Waals surface area contributed by atoms with Gasteiger partial charge in [-0.1, -0.05) is 11.6 Å². The maximum atomic E-state index is 11.9. The smallest absolute Gasteiger partial charge is 0.183 e. The van der Waals surface area contributed by atoms with Gasteiger partial charge >= 0.3 is 0 Å². The zero-order valence-corrected chi connectivity index (χ0v) is 11.3. The number of aromatic nitrogens is 1. The first-order valence-corrected chi connectivity index (χ1v) is 8.08. The van der Waals surface area contributed by atoms with E-state index in [2.05, 4.69) is 10.3 Å². The highest BCUT2D eigenvalue weighted by molar-refractivity contribution is 7.84. The summed E-state index contributed by atoms with van der Waals surface area (Å²) in [6.45, 7) is 2.13. The molecule has 0 saturated carbocycles. The van der Waals surface area contributed by atoms with Gasteiger partial charge < -0.3 is 5.32 Å². The van der Waals surface area contributed by atoms with Gasteiger partial charge in [0.05, 0.1) is 5.75 Å². The predicted molar refractivity (Wildman–Crippen MR) is 69.4 cm³/mol. The van der Waals surface area contributed by atoms with Crippen LogP contribution in [0.5, 0.6) is 0 Å². The van der Waals surface area contributed by atoms with Gasteiger partial charge in [0.1, 0.15) is 0 Å². The summed E-state index contributed by atoms with van der Waals surface area (Å²) in [5.74, 6) is 2.04. The second-order valence-corrected chi connectivity index (χ2v) is 7.22.